The zero-order chi connectivity index (χ0) is 21.6. The summed E-state index contributed by atoms with van der Waals surface area (Å²) in [7, 11) is -4.00. The van der Waals surface area contributed by atoms with Crippen molar-refractivity contribution in [3.8, 4) is 5.75 Å². The topological polar surface area (TPSA) is 75.7 Å². The number of para-hydroxylation sites is 2. The van der Waals surface area contributed by atoms with E-state index < -0.39 is 22.5 Å². The Bertz CT molecular complexity index is 1100. The third-order valence-corrected chi connectivity index (χ3v) is 6.67. The van der Waals surface area contributed by atoms with Gasteiger partial charge in [-0.05, 0) is 78.0 Å². The fourth-order valence-corrected chi connectivity index (χ4v) is 4.64. The fraction of sp³-hybridized carbons (Fsp3) is 0.136. The van der Waals surface area contributed by atoms with Gasteiger partial charge in [-0.3, -0.25) is 9.10 Å². The van der Waals surface area contributed by atoms with E-state index in [2.05, 4.69) is 27.9 Å². The second kappa shape index (κ2) is 9.94. The van der Waals surface area contributed by atoms with Gasteiger partial charge in [0.05, 0.1) is 17.2 Å². The highest BCUT2D eigenvalue weighted by molar-refractivity contribution is 14.1. The van der Waals surface area contributed by atoms with E-state index >= 15 is 0 Å². The van der Waals surface area contributed by atoms with Crippen LogP contribution in [0.5, 0.6) is 5.75 Å². The third kappa shape index (κ3) is 5.31. The first kappa shape index (κ1) is 22.1. The molecule has 0 atom stereocenters. The zero-order valence-electron chi connectivity index (χ0n) is 16.3. The minimum Gasteiger partial charge on any atom is -0.492 e. The number of anilines is 2. The van der Waals surface area contributed by atoms with Crippen LogP contribution in [-0.4, -0.2) is 27.5 Å². The summed E-state index contributed by atoms with van der Waals surface area (Å²) >= 11 is 2.17. The van der Waals surface area contributed by atoms with Crippen LogP contribution in [0.25, 0.3) is 0 Å². The molecule has 0 saturated heterocycles. The van der Waals surface area contributed by atoms with Crippen molar-refractivity contribution in [1.29, 1.82) is 0 Å². The number of rotatable bonds is 8. The Morgan fingerprint density at radius 1 is 0.967 bits per heavy atom. The van der Waals surface area contributed by atoms with Crippen LogP contribution in [-0.2, 0) is 14.8 Å². The smallest absolute Gasteiger partial charge is 0.264 e. The Labute approximate surface area is 190 Å². The Morgan fingerprint density at radius 2 is 1.60 bits per heavy atom. The van der Waals surface area contributed by atoms with Gasteiger partial charge in [-0.25, -0.2) is 8.42 Å². The Morgan fingerprint density at radius 3 is 2.27 bits per heavy atom. The maximum Gasteiger partial charge on any atom is 0.264 e. The molecule has 8 heteroatoms. The van der Waals surface area contributed by atoms with E-state index in [4.69, 9.17) is 4.74 Å². The average Bonchev–Trinajstić information content (AvgIpc) is 2.75. The van der Waals surface area contributed by atoms with Crippen LogP contribution in [0.2, 0.25) is 0 Å². The maximum atomic E-state index is 13.4. The molecular formula is C22H21IN2O4S. The molecule has 1 N–H and O–H groups in total. The van der Waals surface area contributed by atoms with Crippen LogP contribution in [0.15, 0.2) is 83.8 Å². The zero-order valence-corrected chi connectivity index (χ0v) is 19.3. The molecule has 0 bridgehead atoms. The molecule has 0 aliphatic carbocycles. The summed E-state index contributed by atoms with van der Waals surface area (Å²) in [6.45, 7) is 1.79. The number of hydrogen-bond acceptors (Lipinski definition) is 4. The monoisotopic (exact) mass is 536 g/mol. The van der Waals surface area contributed by atoms with Crippen LogP contribution in [0, 0.1) is 3.57 Å². The predicted molar refractivity (Wildman–Crippen MR) is 126 cm³/mol. The molecular weight excluding hydrogens is 515 g/mol. The lowest BCUT2D eigenvalue weighted by Gasteiger charge is -2.26. The normalized spacial score (nSPS) is 11.0. The molecule has 6 nitrogen and oxygen atoms in total. The van der Waals surface area contributed by atoms with Gasteiger partial charge in [-0.15, -0.1) is 0 Å². The van der Waals surface area contributed by atoms with Crippen molar-refractivity contribution in [3.05, 3.63) is 82.4 Å². The van der Waals surface area contributed by atoms with E-state index in [9.17, 15) is 13.2 Å². The largest absolute Gasteiger partial charge is 0.492 e. The molecule has 1 amide bonds. The summed E-state index contributed by atoms with van der Waals surface area (Å²) in [4.78, 5) is 12.9. The number of sulfonamides is 1. The molecule has 0 aliphatic heterocycles. The second-order valence-electron chi connectivity index (χ2n) is 6.28. The molecule has 0 aliphatic rings. The highest BCUT2D eigenvalue weighted by Gasteiger charge is 2.29. The standard InChI is InChI=1S/C22H21IN2O4S/c1-2-29-21-11-7-6-10-20(21)25(30(27,28)19-8-4-3-5-9-19)16-22(26)24-18-14-12-17(23)13-15-18/h3-15H,2,16H2,1H3,(H,24,26). The Balaban J connectivity index is 1.98. The minimum absolute atomic E-state index is 0.0957. The number of carbonyl (C=O) groups excluding carboxylic acids is 1. The molecule has 3 rings (SSSR count). The van der Waals surface area contributed by atoms with Crippen LogP contribution in [0.1, 0.15) is 6.92 Å². The van der Waals surface area contributed by atoms with E-state index in [1.807, 2.05) is 19.1 Å². The fourth-order valence-electron chi connectivity index (χ4n) is 2.82. The minimum atomic E-state index is -4.00. The highest BCUT2D eigenvalue weighted by atomic mass is 127. The van der Waals surface area contributed by atoms with Crippen molar-refractivity contribution in [2.24, 2.45) is 0 Å². The van der Waals surface area contributed by atoms with E-state index in [0.29, 0.717) is 23.7 Å². The number of nitrogens with zero attached hydrogens (tertiary/aromatic N) is 1. The number of halogens is 1. The molecule has 0 unspecified atom stereocenters. The van der Waals surface area contributed by atoms with Crippen LogP contribution >= 0.6 is 22.6 Å². The lowest BCUT2D eigenvalue weighted by molar-refractivity contribution is -0.114. The van der Waals surface area contributed by atoms with Crippen molar-refractivity contribution in [1.82, 2.24) is 0 Å². The predicted octanol–water partition coefficient (Wildman–Crippen LogP) is 4.52. The first-order valence-corrected chi connectivity index (χ1v) is 11.8. The second-order valence-corrected chi connectivity index (χ2v) is 9.39. The summed E-state index contributed by atoms with van der Waals surface area (Å²) in [6.07, 6.45) is 0. The van der Waals surface area contributed by atoms with Crippen molar-refractivity contribution >= 4 is 49.9 Å². The number of ether oxygens (including phenoxy) is 1. The molecule has 156 valence electrons. The van der Waals surface area contributed by atoms with E-state index in [1.54, 1.807) is 54.6 Å². The van der Waals surface area contributed by atoms with Gasteiger partial charge in [0.15, 0.2) is 0 Å². The van der Waals surface area contributed by atoms with Gasteiger partial charge in [-0.1, -0.05) is 30.3 Å². The maximum absolute atomic E-state index is 13.4. The summed E-state index contributed by atoms with van der Waals surface area (Å²) < 4.78 is 34.6. The highest BCUT2D eigenvalue weighted by Crippen LogP contribution is 2.32. The van der Waals surface area contributed by atoms with Gasteiger partial charge < -0.3 is 10.1 Å². The number of hydrogen-bond donors (Lipinski definition) is 1. The van der Waals surface area contributed by atoms with Crippen LogP contribution in [0.4, 0.5) is 11.4 Å². The summed E-state index contributed by atoms with van der Waals surface area (Å²) in [6, 6.07) is 22.1. The molecule has 0 fully saturated rings. The number of benzene rings is 3. The molecule has 0 saturated carbocycles. The van der Waals surface area contributed by atoms with Crippen molar-refractivity contribution < 1.29 is 17.9 Å². The lowest BCUT2D eigenvalue weighted by atomic mass is 10.3. The number of amides is 1. The summed E-state index contributed by atoms with van der Waals surface area (Å²) in [5, 5.41) is 2.76. The Hall–Kier alpha value is -2.59. The lowest BCUT2D eigenvalue weighted by Crippen LogP contribution is -2.38. The van der Waals surface area contributed by atoms with Gasteiger partial charge >= 0.3 is 0 Å². The summed E-state index contributed by atoms with van der Waals surface area (Å²) in [5.74, 6) is -0.0661. The van der Waals surface area contributed by atoms with E-state index in [0.717, 1.165) is 7.88 Å². The number of nitrogens with one attached hydrogen (secondary N) is 1. The average molecular weight is 536 g/mol. The van der Waals surface area contributed by atoms with Crippen molar-refractivity contribution in [2.45, 2.75) is 11.8 Å². The van der Waals surface area contributed by atoms with Gasteiger partial charge in [0.1, 0.15) is 12.3 Å². The van der Waals surface area contributed by atoms with Crippen molar-refractivity contribution in [2.75, 3.05) is 22.8 Å². The van der Waals surface area contributed by atoms with Gasteiger partial charge in [-0.2, -0.15) is 0 Å². The number of carbonyl (C=O) groups is 1. The molecule has 30 heavy (non-hydrogen) atoms. The SMILES string of the molecule is CCOc1ccccc1N(CC(=O)Nc1ccc(I)cc1)S(=O)(=O)c1ccccc1. The summed E-state index contributed by atoms with van der Waals surface area (Å²) in [5.41, 5.74) is 0.900. The van der Waals surface area contributed by atoms with Gasteiger partial charge in [0, 0.05) is 9.26 Å². The molecule has 0 aromatic heterocycles. The van der Waals surface area contributed by atoms with Crippen LogP contribution < -0.4 is 14.4 Å². The first-order valence-electron chi connectivity index (χ1n) is 9.27. The van der Waals surface area contributed by atoms with Crippen molar-refractivity contribution in [3.63, 3.8) is 0 Å². The van der Waals surface area contributed by atoms with E-state index in [1.165, 1.54) is 12.1 Å². The van der Waals surface area contributed by atoms with Gasteiger partial charge in [0.25, 0.3) is 10.0 Å². The van der Waals surface area contributed by atoms with Gasteiger partial charge in [0.2, 0.25) is 5.91 Å². The molecule has 0 spiro atoms. The molecule has 3 aromatic rings. The van der Waals surface area contributed by atoms with E-state index in [-0.39, 0.29) is 4.90 Å². The van der Waals surface area contributed by atoms with Crippen LogP contribution in [0.3, 0.4) is 0 Å². The molecule has 0 heterocycles. The Kier molecular flexibility index (Phi) is 7.33. The molecule has 3 aromatic carbocycles. The first-order chi connectivity index (χ1) is 14.4. The quantitative estimate of drug-likeness (QED) is 0.430. The third-order valence-electron chi connectivity index (χ3n) is 4.18. The molecule has 0 radical (unpaired) electrons.